The molecule has 68 valence electrons. The average molecular weight is 170 g/mol. The minimum absolute atomic E-state index is 0.0815. The van der Waals surface area contributed by atoms with Crippen LogP contribution in [0.1, 0.15) is 33.1 Å². The Balaban J connectivity index is 2.63. The Morgan fingerprint density at radius 1 is 1.58 bits per heavy atom. The SMILES string of the molecule is CC(C)CC1(C(=O)O)CC(=O)C1. The second-order valence-electron chi connectivity index (χ2n) is 4.08. The van der Waals surface area contributed by atoms with Crippen LogP contribution in [0.2, 0.25) is 0 Å². The quantitative estimate of drug-likeness (QED) is 0.697. The van der Waals surface area contributed by atoms with Gasteiger partial charge in [-0.25, -0.2) is 0 Å². The smallest absolute Gasteiger partial charge is 0.310 e. The molecule has 0 bridgehead atoms. The first-order valence-electron chi connectivity index (χ1n) is 4.21. The zero-order chi connectivity index (χ0) is 9.35. The highest BCUT2D eigenvalue weighted by Crippen LogP contribution is 2.43. The first-order chi connectivity index (χ1) is 5.46. The fourth-order valence-corrected chi connectivity index (χ4v) is 1.87. The number of aliphatic carboxylic acids is 1. The summed E-state index contributed by atoms with van der Waals surface area (Å²) in [6, 6.07) is 0. The summed E-state index contributed by atoms with van der Waals surface area (Å²) in [6.07, 6.45) is 1.09. The lowest BCUT2D eigenvalue weighted by Gasteiger charge is -2.37. The van der Waals surface area contributed by atoms with Crippen molar-refractivity contribution in [3.8, 4) is 0 Å². The number of ketones is 1. The molecule has 12 heavy (non-hydrogen) atoms. The van der Waals surface area contributed by atoms with Crippen LogP contribution in [0.4, 0.5) is 0 Å². The molecule has 0 aromatic heterocycles. The van der Waals surface area contributed by atoms with E-state index in [2.05, 4.69) is 0 Å². The third-order valence-electron chi connectivity index (χ3n) is 2.32. The van der Waals surface area contributed by atoms with Gasteiger partial charge in [0, 0.05) is 12.8 Å². The summed E-state index contributed by atoms with van der Waals surface area (Å²) in [6.45, 7) is 3.96. The number of hydrogen-bond donors (Lipinski definition) is 1. The highest BCUT2D eigenvalue weighted by Gasteiger charge is 2.49. The number of rotatable bonds is 3. The van der Waals surface area contributed by atoms with E-state index in [0.29, 0.717) is 12.3 Å². The van der Waals surface area contributed by atoms with Crippen molar-refractivity contribution < 1.29 is 14.7 Å². The Hall–Kier alpha value is -0.860. The number of carboxylic acids is 1. The Bertz CT molecular complexity index is 210. The normalized spacial score (nSPS) is 20.8. The Morgan fingerprint density at radius 2 is 2.08 bits per heavy atom. The van der Waals surface area contributed by atoms with Gasteiger partial charge in [-0.05, 0) is 12.3 Å². The Labute approximate surface area is 71.8 Å². The maximum absolute atomic E-state index is 10.8. The number of carbonyl (C=O) groups is 2. The number of carbonyl (C=O) groups excluding carboxylic acids is 1. The molecule has 0 radical (unpaired) electrons. The van der Waals surface area contributed by atoms with Crippen molar-refractivity contribution in [3.05, 3.63) is 0 Å². The van der Waals surface area contributed by atoms with Gasteiger partial charge in [0.2, 0.25) is 0 Å². The van der Waals surface area contributed by atoms with Crippen molar-refractivity contribution in [2.75, 3.05) is 0 Å². The van der Waals surface area contributed by atoms with Gasteiger partial charge in [-0.3, -0.25) is 9.59 Å². The molecule has 1 saturated carbocycles. The lowest BCUT2D eigenvalue weighted by Crippen LogP contribution is -2.45. The molecule has 0 atom stereocenters. The molecule has 0 amide bonds. The molecule has 1 fully saturated rings. The van der Waals surface area contributed by atoms with Gasteiger partial charge in [0.1, 0.15) is 5.78 Å². The van der Waals surface area contributed by atoms with Crippen molar-refractivity contribution >= 4 is 11.8 Å². The van der Waals surface area contributed by atoms with Crippen LogP contribution in [0.5, 0.6) is 0 Å². The van der Waals surface area contributed by atoms with Gasteiger partial charge in [0.05, 0.1) is 5.41 Å². The zero-order valence-electron chi connectivity index (χ0n) is 7.46. The van der Waals surface area contributed by atoms with Crippen LogP contribution in [-0.2, 0) is 9.59 Å². The van der Waals surface area contributed by atoms with Gasteiger partial charge in [-0.15, -0.1) is 0 Å². The molecule has 1 rings (SSSR count). The standard InChI is InChI=1S/C9H14O3/c1-6(2)3-9(8(11)12)4-7(10)5-9/h6H,3-5H2,1-2H3,(H,11,12). The zero-order valence-corrected chi connectivity index (χ0v) is 7.46. The van der Waals surface area contributed by atoms with Gasteiger partial charge in [-0.1, -0.05) is 13.8 Å². The fourth-order valence-electron chi connectivity index (χ4n) is 1.87. The lowest BCUT2D eigenvalue weighted by atomic mass is 9.64. The van der Waals surface area contributed by atoms with Gasteiger partial charge in [-0.2, -0.15) is 0 Å². The molecule has 3 nitrogen and oxygen atoms in total. The fraction of sp³-hybridized carbons (Fsp3) is 0.778. The molecule has 0 aliphatic heterocycles. The second-order valence-corrected chi connectivity index (χ2v) is 4.08. The maximum Gasteiger partial charge on any atom is 0.310 e. The van der Waals surface area contributed by atoms with E-state index < -0.39 is 11.4 Å². The molecule has 0 saturated heterocycles. The summed E-state index contributed by atoms with van der Waals surface area (Å²) in [5.74, 6) is -0.386. The van der Waals surface area contributed by atoms with Gasteiger partial charge in [0.25, 0.3) is 0 Å². The van der Waals surface area contributed by atoms with Crippen LogP contribution in [0.25, 0.3) is 0 Å². The molecule has 0 heterocycles. The van der Waals surface area contributed by atoms with Gasteiger partial charge >= 0.3 is 5.97 Å². The predicted molar refractivity (Wildman–Crippen MR) is 43.8 cm³/mol. The molecule has 0 unspecified atom stereocenters. The van der Waals surface area contributed by atoms with E-state index in [9.17, 15) is 9.59 Å². The van der Waals surface area contributed by atoms with Crippen LogP contribution >= 0.6 is 0 Å². The summed E-state index contributed by atoms with van der Waals surface area (Å²) in [5.41, 5.74) is -0.717. The second kappa shape index (κ2) is 2.88. The minimum atomic E-state index is -0.809. The third-order valence-corrected chi connectivity index (χ3v) is 2.32. The van der Waals surface area contributed by atoms with Crippen LogP contribution in [0.15, 0.2) is 0 Å². The van der Waals surface area contributed by atoms with Crippen molar-refractivity contribution in [2.45, 2.75) is 33.1 Å². The molecule has 0 aromatic rings. The largest absolute Gasteiger partial charge is 0.481 e. The van der Waals surface area contributed by atoms with Crippen molar-refractivity contribution in [1.29, 1.82) is 0 Å². The number of hydrogen-bond acceptors (Lipinski definition) is 2. The summed E-state index contributed by atoms with van der Waals surface area (Å²) >= 11 is 0. The number of carboxylic acid groups (broad SMARTS) is 1. The lowest BCUT2D eigenvalue weighted by molar-refractivity contribution is -0.162. The predicted octanol–water partition coefficient (Wildman–Crippen LogP) is 1.47. The summed E-state index contributed by atoms with van der Waals surface area (Å²) in [7, 11) is 0. The van der Waals surface area contributed by atoms with Crippen molar-refractivity contribution in [1.82, 2.24) is 0 Å². The van der Waals surface area contributed by atoms with Crippen LogP contribution < -0.4 is 0 Å². The molecule has 3 heteroatoms. The highest BCUT2D eigenvalue weighted by atomic mass is 16.4. The molecular formula is C9H14O3. The average Bonchev–Trinajstić information content (AvgIpc) is 1.81. The van der Waals surface area contributed by atoms with E-state index >= 15 is 0 Å². The highest BCUT2D eigenvalue weighted by molar-refractivity contribution is 5.96. The minimum Gasteiger partial charge on any atom is -0.481 e. The van der Waals surface area contributed by atoms with E-state index in [0.717, 1.165) is 0 Å². The molecule has 0 aromatic carbocycles. The van der Waals surface area contributed by atoms with E-state index in [-0.39, 0.29) is 18.6 Å². The number of Topliss-reactive ketones (excluding diaryl/α,β-unsaturated/α-hetero) is 1. The summed E-state index contributed by atoms with van der Waals surface area (Å²) in [5, 5.41) is 8.90. The van der Waals surface area contributed by atoms with E-state index in [4.69, 9.17) is 5.11 Å². The van der Waals surface area contributed by atoms with Crippen LogP contribution in [0.3, 0.4) is 0 Å². The molecule has 1 aliphatic carbocycles. The molecule has 1 aliphatic rings. The van der Waals surface area contributed by atoms with Crippen LogP contribution in [-0.4, -0.2) is 16.9 Å². The summed E-state index contributed by atoms with van der Waals surface area (Å²) in [4.78, 5) is 21.6. The first kappa shape index (κ1) is 9.23. The monoisotopic (exact) mass is 170 g/mol. The van der Waals surface area contributed by atoms with E-state index in [1.807, 2.05) is 13.8 Å². The molecule has 1 N–H and O–H groups in total. The topological polar surface area (TPSA) is 54.4 Å². The van der Waals surface area contributed by atoms with E-state index in [1.54, 1.807) is 0 Å². The maximum atomic E-state index is 10.8. The molecule has 0 spiro atoms. The Kier molecular flexibility index (Phi) is 2.22. The van der Waals surface area contributed by atoms with Gasteiger partial charge in [0.15, 0.2) is 0 Å². The van der Waals surface area contributed by atoms with E-state index in [1.165, 1.54) is 0 Å². The first-order valence-corrected chi connectivity index (χ1v) is 4.21. The summed E-state index contributed by atoms with van der Waals surface area (Å²) < 4.78 is 0. The van der Waals surface area contributed by atoms with Gasteiger partial charge < -0.3 is 5.11 Å². The van der Waals surface area contributed by atoms with Crippen molar-refractivity contribution in [2.24, 2.45) is 11.3 Å². The van der Waals surface area contributed by atoms with Crippen molar-refractivity contribution in [3.63, 3.8) is 0 Å². The third kappa shape index (κ3) is 1.49. The molecular weight excluding hydrogens is 156 g/mol. The van der Waals surface area contributed by atoms with Crippen LogP contribution in [0, 0.1) is 11.3 Å². The Morgan fingerprint density at radius 3 is 2.33 bits per heavy atom.